The van der Waals surface area contributed by atoms with Gasteiger partial charge in [-0.05, 0) is 139 Å². The molecule has 4 heterocycles. The Morgan fingerprint density at radius 1 is 0.692 bits per heavy atom. The smallest absolute Gasteiger partial charge is 0.148 e. The number of hydrogen-bond acceptors (Lipinski definition) is 8. The van der Waals surface area contributed by atoms with Gasteiger partial charge in [0.1, 0.15) is 23.2 Å². The Hall–Kier alpha value is -2.63. The van der Waals surface area contributed by atoms with Crippen molar-refractivity contribution in [3.63, 3.8) is 0 Å². The fourth-order valence-corrected chi connectivity index (χ4v) is 8.97. The van der Waals surface area contributed by atoms with Crippen LogP contribution in [-0.4, -0.2) is 135 Å². The van der Waals surface area contributed by atoms with Crippen LogP contribution in [0.3, 0.4) is 0 Å². The third-order valence-electron chi connectivity index (χ3n) is 12.2. The van der Waals surface area contributed by atoms with Gasteiger partial charge in [-0.25, -0.2) is 8.78 Å². The maximum atomic E-state index is 14.5. The number of carbonyl (C=O) groups is 2. The van der Waals surface area contributed by atoms with E-state index in [9.17, 15) is 18.4 Å². The molecule has 2 aromatic carbocycles. The Morgan fingerprint density at radius 2 is 1.19 bits per heavy atom. The number of anilines is 2. The Bertz CT molecular complexity index is 1480. The van der Waals surface area contributed by atoms with E-state index in [-0.39, 0.29) is 29.2 Å². The Morgan fingerprint density at radius 3 is 1.69 bits per heavy atom. The Balaban J connectivity index is 0.837. The summed E-state index contributed by atoms with van der Waals surface area (Å²) in [5.41, 5.74) is 2.30. The highest BCUT2D eigenvalue weighted by Crippen LogP contribution is 2.28. The number of hydrogen-bond donors (Lipinski definition) is 0. The number of nitrogens with zero attached hydrogens (tertiary/aromatic N) is 6. The minimum absolute atomic E-state index is 0.102. The lowest BCUT2D eigenvalue weighted by Gasteiger charge is -2.39. The molecular formula is C41H59ClF2N6O2. The molecule has 0 aliphatic carbocycles. The monoisotopic (exact) mass is 740 g/mol. The number of benzene rings is 2. The third-order valence-corrected chi connectivity index (χ3v) is 12.5. The van der Waals surface area contributed by atoms with Gasteiger partial charge in [0.25, 0.3) is 0 Å². The average Bonchev–Trinajstić information content (AvgIpc) is 3.13. The number of rotatable bonds is 14. The number of halogens is 3. The summed E-state index contributed by atoms with van der Waals surface area (Å²) in [5, 5.41) is 0.423. The van der Waals surface area contributed by atoms with Gasteiger partial charge in [-0.15, -0.1) is 0 Å². The molecule has 0 bridgehead atoms. The molecule has 52 heavy (non-hydrogen) atoms. The topological polar surface area (TPSA) is 53.6 Å². The van der Waals surface area contributed by atoms with E-state index in [1.807, 2.05) is 19.1 Å². The van der Waals surface area contributed by atoms with Gasteiger partial charge in [-0.2, -0.15) is 0 Å². The van der Waals surface area contributed by atoms with Crippen molar-refractivity contribution >= 4 is 34.5 Å². The number of piperidine rings is 2. The summed E-state index contributed by atoms with van der Waals surface area (Å²) < 4.78 is 28.8. The lowest BCUT2D eigenvalue weighted by molar-refractivity contribution is -0.129. The van der Waals surface area contributed by atoms with Crippen molar-refractivity contribution < 1.29 is 18.4 Å². The van der Waals surface area contributed by atoms with Crippen LogP contribution in [0.1, 0.15) is 57.4 Å². The first-order valence-electron chi connectivity index (χ1n) is 19.8. The molecule has 2 aromatic rings. The molecule has 0 radical (unpaired) electrons. The number of Topliss-reactive ketones (excluding diaryl/α,β-unsaturated/α-hetero) is 2. The molecule has 8 nitrogen and oxygen atoms in total. The second-order valence-corrected chi connectivity index (χ2v) is 16.3. The van der Waals surface area contributed by atoms with Gasteiger partial charge in [0.2, 0.25) is 0 Å². The number of piperazine rings is 2. The summed E-state index contributed by atoms with van der Waals surface area (Å²) in [4.78, 5) is 39.8. The second kappa shape index (κ2) is 18.6. The van der Waals surface area contributed by atoms with Crippen molar-refractivity contribution in [2.24, 2.45) is 11.8 Å². The van der Waals surface area contributed by atoms with Crippen LogP contribution in [0, 0.1) is 30.4 Å². The highest BCUT2D eigenvalue weighted by Gasteiger charge is 2.31. The Kier molecular flexibility index (Phi) is 14.0. The maximum Gasteiger partial charge on any atom is 0.148 e. The number of aryl methyl sites for hydroxylation is 1. The van der Waals surface area contributed by atoms with Gasteiger partial charge in [0.15, 0.2) is 0 Å². The van der Waals surface area contributed by atoms with E-state index >= 15 is 0 Å². The van der Waals surface area contributed by atoms with Gasteiger partial charge in [-0.1, -0.05) is 17.7 Å². The summed E-state index contributed by atoms with van der Waals surface area (Å²) >= 11 is 5.93. The van der Waals surface area contributed by atoms with E-state index in [1.165, 1.54) is 12.5 Å². The first kappa shape index (κ1) is 39.1. The molecule has 4 aliphatic rings. The maximum absolute atomic E-state index is 14.5. The quantitative estimate of drug-likeness (QED) is 0.234. The van der Waals surface area contributed by atoms with E-state index in [2.05, 4.69) is 29.4 Å². The van der Waals surface area contributed by atoms with Crippen molar-refractivity contribution in [2.75, 3.05) is 108 Å². The highest BCUT2D eigenvalue weighted by molar-refractivity contribution is 6.30. The van der Waals surface area contributed by atoms with Crippen LogP contribution in [0.25, 0.3) is 0 Å². The fourth-order valence-electron chi connectivity index (χ4n) is 8.81. The summed E-state index contributed by atoms with van der Waals surface area (Å²) in [5.74, 6) is 1.20. The van der Waals surface area contributed by atoms with E-state index in [4.69, 9.17) is 11.6 Å². The SMILES string of the molecule is CC(=O)C(CC(=O)CN1CCC(CCN2CCN(c3ccc(C)cc3F)CC2)CC1)N1CCC(CCN2CCN(c3ccc(Cl)cc3F)CC2)CC1. The molecule has 11 heteroatoms. The molecule has 4 aliphatic heterocycles. The molecule has 1 unspecified atom stereocenters. The zero-order chi connectivity index (χ0) is 36.6. The van der Waals surface area contributed by atoms with Gasteiger partial charge in [0, 0.05) is 63.8 Å². The van der Waals surface area contributed by atoms with Gasteiger partial charge >= 0.3 is 0 Å². The number of carbonyl (C=O) groups excluding carboxylic acids is 2. The Labute approximate surface area is 315 Å². The van der Waals surface area contributed by atoms with E-state index in [0.717, 1.165) is 135 Å². The molecule has 1 atom stereocenters. The van der Waals surface area contributed by atoms with Crippen molar-refractivity contribution in [3.8, 4) is 0 Å². The third kappa shape index (κ3) is 10.7. The van der Waals surface area contributed by atoms with Crippen molar-refractivity contribution in [3.05, 3.63) is 58.6 Å². The molecule has 0 N–H and O–H groups in total. The predicted octanol–water partition coefficient (Wildman–Crippen LogP) is 5.99. The molecular weight excluding hydrogens is 682 g/mol. The van der Waals surface area contributed by atoms with E-state index in [1.54, 1.807) is 25.1 Å². The van der Waals surface area contributed by atoms with Gasteiger partial charge in [0.05, 0.1) is 24.0 Å². The van der Waals surface area contributed by atoms with Crippen LogP contribution < -0.4 is 9.80 Å². The molecule has 0 aromatic heterocycles. The van der Waals surface area contributed by atoms with Crippen LogP contribution in [0.15, 0.2) is 36.4 Å². The molecule has 6 rings (SSSR count). The zero-order valence-corrected chi connectivity index (χ0v) is 32.1. The molecule has 4 saturated heterocycles. The van der Waals surface area contributed by atoms with Crippen LogP contribution in [-0.2, 0) is 9.59 Å². The first-order valence-corrected chi connectivity index (χ1v) is 20.1. The largest absolute Gasteiger partial charge is 0.367 e. The summed E-state index contributed by atoms with van der Waals surface area (Å²) in [6, 6.07) is 10.1. The predicted molar refractivity (Wildman–Crippen MR) is 207 cm³/mol. The van der Waals surface area contributed by atoms with E-state index < -0.39 is 0 Å². The van der Waals surface area contributed by atoms with Crippen LogP contribution >= 0.6 is 11.6 Å². The molecule has 0 amide bonds. The summed E-state index contributed by atoms with van der Waals surface area (Å²) in [6.45, 7) is 16.9. The minimum Gasteiger partial charge on any atom is -0.367 e. The lowest BCUT2D eigenvalue weighted by Crippen LogP contribution is -2.48. The van der Waals surface area contributed by atoms with Crippen molar-refractivity contribution in [1.82, 2.24) is 19.6 Å². The van der Waals surface area contributed by atoms with Crippen LogP contribution in [0.5, 0.6) is 0 Å². The van der Waals surface area contributed by atoms with Crippen LogP contribution in [0.2, 0.25) is 5.02 Å². The second-order valence-electron chi connectivity index (χ2n) is 15.9. The molecule has 0 spiro atoms. The van der Waals surface area contributed by atoms with E-state index in [0.29, 0.717) is 35.5 Å². The summed E-state index contributed by atoms with van der Waals surface area (Å²) in [6.07, 6.45) is 6.96. The average molecular weight is 741 g/mol. The van der Waals surface area contributed by atoms with Crippen molar-refractivity contribution in [1.29, 1.82) is 0 Å². The molecule has 4 fully saturated rings. The molecule has 286 valence electrons. The lowest BCUT2D eigenvalue weighted by atomic mass is 9.91. The number of likely N-dealkylation sites (tertiary alicyclic amines) is 2. The van der Waals surface area contributed by atoms with Crippen LogP contribution in [0.4, 0.5) is 20.2 Å². The number of ketones is 2. The first-order chi connectivity index (χ1) is 25.1. The molecule has 0 saturated carbocycles. The normalized spacial score (nSPS) is 21.5. The fraction of sp³-hybridized carbons (Fsp3) is 0.659. The minimum atomic E-state index is -0.310. The standard InChI is InChI=1S/C41H59ClF2N6O2/c1-31-3-5-39(37(43)27-31)49-23-19-45(20-24-49)13-7-33-9-15-47(16-10-33)30-36(52)29-41(32(2)51)48-17-11-34(12-18-48)8-14-46-21-25-50(26-22-46)40-6-4-35(42)28-38(40)44/h3-6,27-28,33-34,41H,7-26,29-30H2,1-2H3. The van der Waals surface area contributed by atoms with Gasteiger partial charge in [-0.3, -0.25) is 29.2 Å². The highest BCUT2D eigenvalue weighted by atomic mass is 35.5. The summed E-state index contributed by atoms with van der Waals surface area (Å²) in [7, 11) is 0. The zero-order valence-electron chi connectivity index (χ0n) is 31.4. The van der Waals surface area contributed by atoms with Crippen molar-refractivity contribution in [2.45, 2.75) is 64.8 Å². The van der Waals surface area contributed by atoms with Gasteiger partial charge < -0.3 is 9.80 Å².